The Morgan fingerprint density at radius 3 is 2.77 bits per heavy atom. The van der Waals surface area contributed by atoms with Gasteiger partial charge in [0.1, 0.15) is 0 Å². The topological polar surface area (TPSA) is 30.4 Å². The van der Waals surface area contributed by atoms with Gasteiger partial charge in [-0.15, -0.1) is 0 Å². The van der Waals surface area contributed by atoms with Crippen LogP contribution in [0.2, 0.25) is 0 Å². The summed E-state index contributed by atoms with van der Waals surface area (Å²) in [6.07, 6.45) is 5.52. The third kappa shape index (κ3) is 2.10. The lowest BCUT2D eigenvalue weighted by atomic mass is 10.1. The van der Waals surface area contributed by atoms with Gasteiger partial charge in [-0.25, -0.2) is 0 Å². The van der Waals surface area contributed by atoms with E-state index in [1.54, 1.807) is 0 Å². The first-order chi connectivity index (χ1) is 6.05. The molecule has 1 aromatic rings. The average Bonchev–Trinajstić information content (AvgIpc) is 2.63. The van der Waals surface area contributed by atoms with Gasteiger partial charge >= 0.3 is 0 Å². The van der Waals surface area contributed by atoms with Gasteiger partial charge in [-0.2, -0.15) is 5.10 Å². The first kappa shape index (κ1) is 8.75. The van der Waals surface area contributed by atoms with Crippen LogP contribution >= 0.6 is 0 Å². The number of nitrogens with zero attached hydrogens (tertiary/aromatic N) is 2. The Bertz CT molecular complexity index is 294. The van der Waals surface area contributed by atoms with Gasteiger partial charge in [0.2, 0.25) is 0 Å². The summed E-state index contributed by atoms with van der Waals surface area (Å²) in [5.41, 5.74) is 1.36. The van der Waals surface area contributed by atoms with E-state index in [-0.39, 0.29) is 5.54 Å². The van der Waals surface area contributed by atoms with E-state index >= 15 is 0 Å². The van der Waals surface area contributed by atoms with Crippen LogP contribution < -0.4 is 0 Å². The molecule has 1 aliphatic rings. The average molecular weight is 180 g/mol. The minimum absolute atomic E-state index is 0.0860. The molecule has 1 aromatic heterocycles. The van der Waals surface area contributed by atoms with Gasteiger partial charge in [0.05, 0.1) is 24.4 Å². The van der Waals surface area contributed by atoms with Crippen molar-refractivity contribution in [1.82, 2.24) is 9.78 Å². The first-order valence-corrected chi connectivity index (χ1v) is 4.71. The van der Waals surface area contributed by atoms with Gasteiger partial charge in [0, 0.05) is 12.6 Å². The summed E-state index contributed by atoms with van der Waals surface area (Å²) in [6, 6.07) is 0. The number of ether oxygens (including phenoxy) is 1. The molecule has 3 heteroatoms. The number of hydrogen-bond acceptors (Lipinski definition) is 2. The fourth-order valence-corrected chi connectivity index (χ4v) is 1.28. The van der Waals surface area contributed by atoms with Gasteiger partial charge in [-0.3, -0.25) is 4.68 Å². The molecule has 1 atom stereocenters. The molecule has 2 rings (SSSR count). The Kier molecular flexibility index (Phi) is 1.91. The highest BCUT2D eigenvalue weighted by atomic mass is 16.6. The molecule has 1 fully saturated rings. The number of epoxide rings is 1. The van der Waals surface area contributed by atoms with Crippen molar-refractivity contribution < 1.29 is 4.74 Å². The lowest BCUT2D eigenvalue weighted by molar-refractivity contribution is 0.355. The van der Waals surface area contributed by atoms with Crippen molar-refractivity contribution in [2.24, 2.45) is 0 Å². The number of hydrogen-bond donors (Lipinski definition) is 0. The monoisotopic (exact) mass is 180 g/mol. The van der Waals surface area contributed by atoms with Crippen LogP contribution in [0.1, 0.15) is 26.3 Å². The van der Waals surface area contributed by atoms with Crippen molar-refractivity contribution in [2.75, 3.05) is 6.61 Å². The predicted molar refractivity (Wildman–Crippen MR) is 50.7 cm³/mol. The van der Waals surface area contributed by atoms with Crippen LogP contribution in [0, 0.1) is 0 Å². The smallest absolute Gasteiger partial charge is 0.0851 e. The van der Waals surface area contributed by atoms with Crippen LogP contribution in [0.4, 0.5) is 0 Å². The molecule has 72 valence electrons. The molecule has 1 unspecified atom stereocenters. The Morgan fingerprint density at radius 1 is 1.62 bits per heavy atom. The van der Waals surface area contributed by atoms with E-state index < -0.39 is 0 Å². The number of aromatic nitrogens is 2. The Balaban J connectivity index is 2.08. The van der Waals surface area contributed by atoms with Crippen molar-refractivity contribution in [3.63, 3.8) is 0 Å². The zero-order valence-corrected chi connectivity index (χ0v) is 8.45. The predicted octanol–water partition coefficient (Wildman–Crippen LogP) is 1.58. The minimum Gasteiger partial charge on any atom is -0.373 e. The van der Waals surface area contributed by atoms with Gasteiger partial charge in [0.15, 0.2) is 0 Å². The zero-order chi connectivity index (χ0) is 9.47. The van der Waals surface area contributed by atoms with Crippen molar-refractivity contribution in [3.05, 3.63) is 18.0 Å². The molecule has 1 saturated heterocycles. The van der Waals surface area contributed by atoms with E-state index in [0.29, 0.717) is 6.10 Å². The van der Waals surface area contributed by atoms with E-state index in [9.17, 15) is 0 Å². The molecule has 0 radical (unpaired) electrons. The van der Waals surface area contributed by atoms with Gasteiger partial charge < -0.3 is 4.74 Å². The van der Waals surface area contributed by atoms with Crippen LogP contribution in [0.25, 0.3) is 0 Å². The van der Waals surface area contributed by atoms with Crippen LogP contribution in [-0.4, -0.2) is 22.5 Å². The van der Waals surface area contributed by atoms with Gasteiger partial charge in [-0.05, 0) is 26.3 Å². The van der Waals surface area contributed by atoms with E-state index in [2.05, 4.69) is 32.1 Å². The van der Waals surface area contributed by atoms with Crippen molar-refractivity contribution in [3.8, 4) is 0 Å². The fourth-order valence-electron chi connectivity index (χ4n) is 1.28. The highest BCUT2D eigenvalue weighted by Gasteiger charge is 2.24. The summed E-state index contributed by atoms with van der Waals surface area (Å²) in [6.45, 7) is 7.37. The second-order valence-electron chi connectivity index (χ2n) is 4.62. The second kappa shape index (κ2) is 2.84. The van der Waals surface area contributed by atoms with E-state index in [0.717, 1.165) is 13.0 Å². The highest BCUT2D eigenvalue weighted by Crippen LogP contribution is 2.18. The molecule has 13 heavy (non-hydrogen) atoms. The molecule has 0 bridgehead atoms. The Hall–Kier alpha value is -0.830. The quantitative estimate of drug-likeness (QED) is 0.647. The second-order valence-corrected chi connectivity index (χ2v) is 4.62. The third-order valence-corrected chi connectivity index (χ3v) is 2.19. The summed E-state index contributed by atoms with van der Waals surface area (Å²) in [5.74, 6) is 0. The summed E-state index contributed by atoms with van der Waals surface area (Å²) < 4.78 is 7.17. The van der Waals surface area contributed by atoms with Crippen molar-refractivity contribution >= 4 is 0 Å². The molecule has 0 amide bonds. The van der Waals surface area contributed by atoms with E-state index in [4.69, 9.17) is 4.74 Å². The molecule has 1 aliphatic heterocycles. The minimum atomic E-state index is 0.0860. The molecule has 0 spiro atoms. The molecular formula is C10H16N2O. The molecule has 0 N–H and O–H groups in total. The molecule has 2 heterocycles. The van der Waals surface area contributed by atoms with Crippen LogP contribution in [0.3, 0.4) is 0 Å². The maximum absolute atomic E-state index is 5.17. The molecule has 0 aliphatic carbocycles. The normalized spacial score (nSPS) is 21.9. The standard InChI is InChI=1S/C10H16N2O/c1-10(2,3)12-6-8(5-11-12)4-9-7-13-9/h5-6,9H,4,7H2,1-3H3. The molecule has 0 saturated carbocycles. The van der Waals surface area contributed by atoms with E-state index in [1.807, 2.05) is 10.9 Å². The van der Waals surface area contributed by atoms with Crippen LogP contribution in [0.5, 0.6) is 0 Å². The molecular weight excluding hydrogens is 164 g/mol. The van der Waals surface area contributed by atoms with Crippen molar-refractivity contribution in [2.45, 2.75) is 38.8 Å². The fraction of sp³-hybridized carbons (Fsp3) is 0.700. The summed E-state index contributed by atoms with van der Waals surface area (Å²) >= 11 is 0. The molecule has 0 aromatic carbocycles. The van der Waals surface area contributed by atoms with Crippen LogP contribution in [0.15, 0.2) is 12.4 Å². The number of rotatable bonds is 2. The summed E-state index contributed by atoms with van der Waals surface area (Å²) in [4.78, 5) is 0. The SMILES string of the molecule is CC(C)(C)n1cc(CC2CO2)cn1. The largest absolute Gasteiger partial charge is 0.373 e. The lowest BCUT2D eigenvalue weighted by Crippen LogP contribution is -2.21. The third-order valence-electron chi connectivity index (χ3n) is 2.19. The first-order valence-electron chi connectivity index (χ1n) is 4.71. The van der Waals surface area contributed by atoms with Gasteiger partial charge in [-0.1, -0.05) is 0 Å². The van der Waals surface area contributed by atoms with E-state index in [1.165, 1.54) is 5.56 Å². The summed E-state index contributed by atoms with van der Waals surface area (Å²) in [5, 5.41) is 4.33. The molecule has 3 nitrogen and oxygen atoms in total. The zero-order valence-electron chi connectivity index (χ0n) is 8.45. The van der Waals surface area contributed by atoms with Crippen LogP contribution in [-0.2, 0) is 16.7 Å². The Labute approximate surface area is 78.7 Å². The lowest BCUT2D eigenvalue weighted by Gasteiger charge is -2.18. The Morgan fingerprint density at radius 2 is 2.31 bits per heavy atom. The maximum Gasteiger partial charge on any atom is 0.0851 e. The van der Waals surface area contributed by atoms with Crippen molar-refractivity contribution in [1.29, 1.82) is 0 Å². The highest BCUT2D eigenvalue weighted by molar-refractivity contribution is 5.08. The summed E-state index contributed by atoms with van der Waals surface area (Å²) in [7, 11) is 0. The van der Waals surface area contributed by atoms with Gasteiger partial charge in [0.25, 0.3) is 0 Å². The maximum atomic E-state index is 5.17.